The zero-order valence-electron chi connectivity index (χ0n) is 26.6. The monoisotopic (exact) mass is 669 g/mol. The molecule has 13 heteroatoms. The van der Waals surface area contributed by atoms with Gasteiger partial charge in [-0.1, -0.05) is 49.6 Å². The summed E-state index contributed by atoms with van der Waals surface area (Å²) in [7, 11) is -4.71. The van der Waals surface area contributed by atoms with Gasteiger partial charge in [0.15, 0.2) is 4.90 Å². The van der Waals surface area contributed by atoms with Crippen molar-refractivity contribution in [1.29, 1.82) is 0 Å². The molecule has 9 nitrogen and oxygen atoms in total. The smallest absolute Gasteiger partial charge is 0.279 e. The summed E-state index contributed by atoms with van der Waals surface area (Å²) in [5.74, 6) is -1.34. The number of benzene rings is 2. The van der Waals surface area contributed by atoms with E-state index in [0.717, 1.165) is 44.4 Å². The van der Waals surface area contributed by atoms with Gasteiger partial charge in [-0.3, -0.25) is 0 Å². The molecule has 2 aromatic carbocycles. The Kier molecular flexibility index (Phi) is 13.2. The fraction of sp³-hybridized carbons (Fsp3) is 0.625. The highest BCUT2D eigenvalue weighted by atomic mass is 32.2. The van der Waals surface area contributed by atoms with Gasteiger partial charge < -0.3 is 9.80 Å². The molecule has 2 aliphatic rings. The lowest BCUT2D eigenvalue weighted by atomic mass is 9.89. The number of piperidine rings is 1. The van der Waals surface area contributed by atoms with Gasteiger partial charge in [0.25, 0.3) is 10.2 Å². The summed E-state index contributed by atoms with van der Waals surface area (Å²) in [6.07, 6.45) is 8.60. The average molecular weight is 670 g/mol. The van der Waals surface area contributed by atoms with E-state index in [4.69, 9.17) is 0 Å². The largest absolute Gasteiger partial charge is 0.377 e. The quantitative estimate of drug-likeness (QED) is 0.252. The van der Waals surface area contributed by atoms with E-state index in [9.17, 15) is 25.6 Å². The fourth-order valence-corrected chi connectivity index (χ4v) is 8.89. The Morgan fingerprint density at radius 3 is 1.98 bits per heavy atom. The first kappa shape index (κ1) is 35.7. The van der Waals surface area contributed by atoms with E-state index in [1.807, 2.05) is 18.2 Å². The molecule has 2 N–H and O–H groups in total. The number of nitrogens with zero attached hydrogens (tertiary/aromatic N) is 3. The topological polar surface area (TPSA) is 102 Å². The Labute approximate surface area is 268 Å². The minimum Gasteiger partial charge on any atom is -0.377 e. The second kappa shape index (κ2) is 16.6. The van der Waals surface area contributed by atoms with Crippen molar-refractivity contribution in [3.05, 3.63) is 59.7 Å². The predicted molar refractivity (Wildman–Crippen MR) is 175 cm³/mol. The predicted octanol–water partition coefficient (Wildman–Crippen LogP) is 4.69. The molecule has 1 heterocycles. The number of anilines is 1. The van der Waals surface area contributed by atoms with Gasteiger partial charge in [0.2, 0.25) is 10.0 Å². The van der Waals surface area contributed by atoms with Crippen LogP contribution in [0.1, 0.15) is 69.3 Å². The summed E-state index contributed by atoms with van der Waals surface area (Å²) >= 11 is 0. The number of sulfonamides is 1. The third-order valence-corrected chi connectivity index (χ3v) is 12.1. The molecule has 1 aliphatic carbocycles. The standard InChI is InChI=1S/C32H49F2N5O4S2/c1-37(2)29-23-30(33)32(31(34)24-29)44(40,41)35-17-9-19-38(25-26-11-5-3-6-12-26)20-10-18-36-45(42,43)39-21-15-28(16-22-39)27-13-7-4-8-14-27/h4,7-8,13-14,23-24,26,28,35-36H,3,5-6,9-12,15-22,25H2,1-2H3. The minimum atomic E-state index is -4.38. The Morgan fingerprint density at radius 1 is 0.822 bits per heavy atom. The van der Waals surface area contributed by atoms with Crippen LogP contribution in [0.3, 0.4) is 0 Å². The van der Waals surface area contributed by atoms with E-state index < -0.39 is 36.8 Å². The highest BCUT2D eigenvalue weighted by molar-refractivity contribution is 7.89. The molecule has 0 atom stereocenters. The maximum atomic E-state index is 14.6. The minimum absolute atomic E-state index is 0.0311. The molecule has 0 unspecified atom stereocenters. The normalized spacial score (nSPS) is 17.6. The molecule has 0 bridgehead atoms. The fourth-order valence-electron chi connectivity index (χ4n) is 6.42. The number of hydrogen-bond donors (Lipinski definition) is 2. The molecule has 0 aromatic heterocycles. The van der Waals surface area contributed by atoms with Crippen molar-refractivity contribution in [3.63, 3.8) is 0 Å². The summed E-state index contributed by atoms with van der Waals surface area (Å²) in [6, 6.07) is 12.2. The lowest BCUT2D eigenvalue weighted by molar-refractivity contribution is 0.197. The van der Waals surface area contributed by atoms with E-state index >= 15 is 0 Å². The van der Waals surface area contributed by atoms with Gasteiger partial charge in [-0.05, 0) is 81.1 Å². The average Bonchev–Trinajstić information content (AvgIpc) is 3.01. The summed E-state index contributed by atoms with van der Waals surface area (Å²) in [5, 5.41) is 0. The van der Waals surface area contributed by atoms with Crippen LogP contribution in [0.4, 0.5) is 14.5 Å². The molecule has 0 spiro atoms. The Balaban J connectivity index is 1.25. The highest BCUT2D eigenvalue weighted by Gasteiger charge is 2.29. The number of nitrogens with one attached hydrogen (secondary N) is 2. The molecular weight excluding hydrogens is 621 g/mol. The van der Waals surface area contributed by atoms with Crippen molar-refractivity contribution in [1.82, 2.24) is 18.6 Å². The molecule has 2 aromatic rings. The van der Waals surface area contributed by atoms with Gasteiger partial charge in [-0.25, -0.2) is 26.6 Å². The first-order valence-electron chi connectivity index (χ1n) is 16.1. The van der Waals surface area contributed by atoms with Crippen molar-refractivity contribution in [3.8, 4) is 0 Å². The maximum absolute atomic E-state index is 14.6. The zero-order valence-corrected chi connectivity index (χ0v) is 28.2. The van der Waals surface area contributed by atoms with Crippen LogP contribution in [0.2, 0.25) is 0 Å². The molecule has 1 aliphatic heterocycles. The van der Waals surface area contributed by atoms with Crippen molar-refractivity contribution in [2.24, 2.45) is 5.92 Å². The van der Waals surface area contributed by atoms with Crippen LogP contribution >= 0.6 is 0 Å². The highest BCUT2D eigenvalue weighted by Crippen LogP contribution is 2.29. The van der Waals surface area contributed by atoms with Crippen LogP contribution in [-0.4, -0.2) is 85.9 Å². The van der Waals surface area contributed by atoms with Crippen LogP contribution in [0, 0.1) is 17.6 Å². The Bertz CT molecular complexity index is 1410. The summed E-state index contributed by atoms with van der Waals surface area (Å²) in [6.45, 7) is 3.44. The maximum Gasteiger partial charge on any atom is 0.279 e. The van der Waals surface area contributed by atoms with E-state index in [1.165, 1.54) is 34.0 Å². The second-order valence-corrected chi connectivity index (χ2v) is 16.0. The van der Waals surface area contributed by atoms with E-state index in [1.54, 1.807) is 14.1 Å². The number of hydrogen-bond acceptors (Lipinski definition) is 6. The molecule has 1 saturated carbocycles. The summed E-state index contributed by atoms with van der Waals surface area (Å²) < 4.78 is 87.3. The molecule has 1 saturated heterocycles. The molecule has 45 heavy (non-hydrogen) atoms. The van der Waals surface area contributed by atoms with Crippen molar-refractivity contribution < 1.29 is 25.6 Å². The van der Waals surface area contributed by atoms with Crippen LogP contribution in [0.15, 0.2) is 47.4 Å². The second-order valence-electron chi connectivity index (χ2n) is 12.5. The lowest BCUT2D eigenvalue weighted by Gasteiger charge is -2.32. The van der Waals surface area contributed by atoms with Gasteiger partial charge in [-0.15, -0.1) is 0 Å². The van der Waals surface area contributed by atoms with Crippen molar-refractivity contribution in [2.75, 3.05) is 64.8 Å². The molecule has 2 fully saturated rings. The van der Waals surface area contributed by atoms with Crippen LogP contribution < -0.4 is 14.3 Å². The van der Waals surface area contributed by atoms with Crippen molar-refractivity contribution in [2.45, 2.75) is 68.6 Å². The number of halogens is 2. The SMILES string of the molecule is CN(C)c1cc(F)c(S(=O)(=O)NCCCN(CCCNS(=O)(=O)N2CCC(c3ccccc3)CC2)CC2CCCCC2)c(F)c1. The van der Waals surface area contributed by atoms with E-state index in [0.29, 0.717) is 57.4 Å². The molecule has 4 rings (SSSR count). The number of rotatable bonds is 16. The van der Waals surface area contributed by atoms with Crippen LogP contribution in [0.25, 0.3) is 0 Å². The van der Waals surface area contributed by atoms with Gasteiger partial charge in [0.1, 0.15) is 11.6 Å². The Hall–Kier alpha value is -2.16. The van der Waals surface area contributed by atoms with E-state index in [-0.39, 0.29) is 12.2 Å². The van der Waals surface area contributed by atoms with Crippen LogP contribution in [0.5, 0.6) is 0 Å². The van der Waals surface area contributed by atoms with Gasteiger partial charge >= 0.3 is 0 Å². The van der Waals surface area contributed by atoms with Gasteiger partial charge in [0, 0.05) is 52.5 Å². The van der Waals surface area contributed by atoms with Crippen LogP contribution in [-0.2, 0) is 20.2 Å². The molecule has 252 valence electrons. The third-order valence-electron chi connectivity index (χ3n) is 8.95. The Morgan fingerprint density at radius 2 is 1.40 bits per heavy atom. The molecule has 0 amide bonds. The molecule has 0 radical (unpaired) electrons. The third kappa shape index (κ3) is 10.4. The molecular formula is C32H49F2N5O4S2. The van der Waals surface area contributed by atoms with Crippen molar-refractivity contribution >= 4 is 25.9 Å². The zero-order chi connectivity index (χ0) is 32.5. The first-order valence-corrected chi connectivity index (χ1v) is 19.1. The summed E-state index contributed by atoms with van der Waals surface area (Å²) in [5.41, 5.74) is 1.49. The lowest BCUT2D eigenvalue weighted by Crippen LogP contribution is -2.45. The van der Waals surface area contributed by atoms with E-state index in [2.05, 4.69) is 26.5 Å². The van der Waals surface area contributed by atoms with Gasteiger partial charge in [-0.2, -0.15) is 12.7 Å². The summed E-state index contributed by atoms with van der Waals surface area (Å²) in [4.78, 5) is 2.79. The first-order chi connectivity index (χ1) is 21.5. The van der Waals surface area contributed by atoms with Gasteiger partial charge in [0.05, 0.1) is 0 Å².